The zero-order chi connectivity index (χ0) is 29.2. The average Bonchev–Trinajstić information content (AvgIpc) is 3.37. The Bertz CT molecular complexity index is 1860. The van der Waals surface area contributed by atoms with E-state index in [4.69, 9.17) is 0 Å². The van der Waals surface area contributed by atoms with Gasteiger partial charge in [-0.2, -0.15) is 0 Å². The van der Waals surface area contributed by atoms with Crippen LogP contribution in [-0.4, -0.2) is 21.9 Å². The lowest BCUT2D eigenvalue weighted by atomic mass is 9.90. The maximum atomic E-state index is 13.3. The highest BCUT2D eigenvalue weighted by Crippen LogP contribution is 2.49. The molecule has 0 spiro atoms. The first-order valence-corrected chi connectivity index (χ1v) is 14.8. The first kappa shape index (κ1) is 27.0. The Morgan fingerprint density at radius 1 is 0.581 bits per heavy atom. The Morgan fingerprint density at radius 3 is 1.65 bits per heavy atom. The number of rotatable bonds is 8. The molecule has 0 radical (unpaired) electrons. The summed E-state index contributed by atoms with van der Waals surface area (Å²) in [5.41, 5.74) is 4.33. The fraction of sp³-hybridized carbons (Fsp3) is 0.158. The molecule has 0 aliphatic carbocycles. The van der Waals surface area contributed by atoms with Crippen LogP contribution in [-0.2, 0) is 13.1 Å². The van der Waals surface area contributed by atoms with E-state index in [-0.39, 0.29) is 11.0 Å². The Kier molecular flexibility index (Phi) is 7.42. The molecule has 6 aromatic carbocycles. The van der Waals surface area contributed by atoms with Gasteiger partial charge in [0.1, 0.15) is 6.04 Å². The van der Waals surface area contributed by atoms with Crippen LogP contribution in [0.15, 0.2) is 146 Å². The van der Waals surface area contributed by atoms with Gasteiger partial charge in [-0.05, 0) is 43.8 Å². The van der Waals surface area contributed by atoms with E-state index in [1.54, 1.807) is 0 Å². The number of nitrogens with one attached hydrogen (secondary N) is 1. The molecule has 6 aromatic rings. The summed E-state index contributed by atoms with van der Waals surface area (Å²) in [4.78, 5) is 15.7. The molecule has 1 heterocycles. The molecule has 1 aliphatic heterocycles. The normalized spacial score (nSPS) is 20.5. The summed E-state index contributed by atoms with van der Waals surface area (Å²) in [6.45, 7) is 1.12. The first-order chi connectivity index (χ1) is 21.2. The van der Waals surface area contributed by atoms with Crippen molar-refractivity contribution in [2.24, 2.45) is 0 Å². The molecule has 0 amide bonds. The van der Waals surface area contributed by atoms with Crippen LogP contribution in [0.3, 0.4) is 0 Å². The number of benzene rings is 6. The van der Waals surface area contributed by atoms with Gasteiger partial charge in [-0.3, -0.25) is 15.0 Å². The van der Waals surface area contributed by atoms with Crippen molar-refractivity contribution >= 4 is 21.5 Å². The van der Waals surface area contributed by atoms with Crippen molar-refractivity contribution in [2.45, 2.75) is 37.3 Å². The molecule has 4 atom stereocenters. The Hall–Kier alpha value is -4.84. The number of hydrogen-bond donors (Lipinski definition) is 1. The number of likely N-dealkylation sites (tertiary alicyclic amines) is 1. The summed E-state index contributed by atoms with van der Waals surface area (Å²) in [5, 5.41) is 21.4. The van der Waals surface area contributed by atoms with Crippen LogP contribution in [0.25, 0.3) is 21.5 Å². The topological polar surface area (TPSA) is 58.4 Å². The third-order valence-corrected chi connectivity index (χ3v) is 8.87. The van der Waals surface area contributed by atoms with Crippen LogP contribution in [0, 0.1) is 10.1 Å². The summed E-state index contributed by atoms with van der Waals surface area (Å²) in [6.07, 6.45) is 0. The van der Waals surface area contributed by atoms with Gasteiger partial charge in [0, 0.05) is 18.0 Å². The van der Waals surface area contributed by atoms with Gasteiger partial charge in [-0.25, -0.2) is 0 Å². The predicted molar refractivity (Wildman–Crippen MR) is 173 cm³/mol. The van der Waals surface area contributed by atoms with E-state index in [9.17, 15) is 10.1 Å². The van der Waals surface area contributed by atoms with Crippen molar-refractivity contribution in [3.8, 4) is 0 Å². The highest BCUT2D eigenvalue weighted by Gasteiger charge is 2.57. The summed E-state index contributed by atoms with van der Waals surface area (Å²) >= 11 is 0. The van der Waals surface area contributed by atoms with E-state index in [0.29, 0.717) is 13.1 Å². The largest absolute Gasteiger partial charge is 0.302 e. The molecule has 1 N–H and O–H groups in total. The zero-order valence-electron chi connectivity index (χ0n) is 23.8. The van der Waals surface area contributed by atoms with Gasteiger partial charge in [0.05, 0.1) is 12.1 Å². The van der Waals surface area contributed by atoms with Crippen LogP contribution in [0.2, 0.25) is 0 Å². The first-order valence-electron chi connectivity index (χ1n) is 14.8. The maximum Gasteiger partial charge on any atom is 0.249 e. The van der Waals surface area contributed by atoms with Gasteiger partial charge in [-0.1, -0.05) is 146 Å². The van der Waals surface area contributed by atoms with Crippen LogP contribution < -0.4 is 5.32 Å². The van der Waals surface area contributed by atoms with Gasteiger partial charge in [0.15, 0.2) is 0 Å². The second-order valence-electron chi connectivity index (χ2n) is 11.4. The van der Waals surface area contributed by atoms with Crippen molar-refractivity contribution in [2.75, 3.05) is 0 Å². The SMILES string of the molecule is O=[N+]([O-])[C@H]1[C@H](NCc2ccccc2)[C@@H](c2cccc3ccccc23)N(Cc2ccccc2)[C@@H]1c1cccc2ccccc12. The minimum absolute atomic E-state index is 0.0434. The Morgan fingerprint density at radius 2 is 1.07 bits per heavy atom. The number of nitrogens with zero attached hydrogens (tertiary/aromatic N) is 2. The van der Waals surface area contributed by atoms with Gasteiger partial charge >= 0.3 is 0 Å². The summed E-state index contributed by atoms with van der Waals surface area (Å²) < 4.78 is 0. The Balaban J connectivity index is 1.46. The zero-order valence-corrected chi connectivity index (χ0v) is 23.8. The summed E-state index contributed by atoms with van der Waals surface area (Å²) in [7, 11) is 0. The minimum atomic E-state index is -0.887. The smallest absolute Gasteiger partial charge is 0.249 e. The number of nitro groups is 1. The van der Waals surface area contributed by atoms with Gasteiger partial charge in [0.25, 0.3) is 0 Å². The van der Waals surface area contributed by atoms with Gasteiger partial charge in [0.2, 0.25) is 6.04 Å². The molecule has 212 valence electrons. The molecule has 7 rings (SSSR count). The molecule has 1 saturated heterocycles. The molecule has 1 aliphatic rings. The fourth-order valence-electron chi connectivity index (χ4n) is 7.01. The molecular weight excluding hydrogens is 530 g/mol. The maximum absolute atomic E-state index is 13.3. The van der Waals surface area contributed by atoms with Crippen molar-refractivity contribution in [1.82, 2.24) is 10.2 Å². The molecule has 0 bridgehead atoms. The van der Waals surface area contributed by atoms with Crippen molar-refractivity contribution < 1.29 is 4.92 Å². The van der Waals surface area contributed by atoms with Gasteiger partial charge < -0.3 is 5.32 Å². The highest BCUT2D eigenvalue weighted by atomic mass is 16.6. The molecular formula is C38H33N3O2. The quantitative estimate of drug-likeness (QED) is 0.150. The lowest BCUT2D eigenvalue weighted by Crippen LogP contribution is -2.44. The van der Waals surface area contributed by atoms with Crippen molar-refractivity contribution in [1.29, 1.82) is 0 Å². The molecule has 0 unspecified atom stereocenters. The van der Waals surface area contributed by atoms with Gasteiger partial charge in [-0.15, -0.1) is 0 Å². The third-order valence-electron chi connectivity index (χ3n) is 8.87. The average molecular weight is 564 g/mol. The standard InChI is InChI=1S/C38H33N3O2/c42-41(43)38-35(39-25-27-13-3-1-4-14-27)36(33-23-11-19-29-17-7-9-21-31(29)33)40(26-28-15-5-2-6-16-28)37(38)34-24-12-20-30-18-8-10-22-32(30)34/h1-24,35-39H,25-26H2/t35-,36-,37-,38+/m1/s1. The van der Waals surface area contributed by atoms with E-state index >= 15 is 0 Å². The molecule has 43 heavy (non-hydrogen) atoms. The Labute approximate surface area is 251 Å². The number of hydrogen-bond acceptors (Lipinski definition) is 4. The third kappa shape index (κ3) is 5.18. The molecule has 5 heteroatoms. The van der Waals surface area contributed by atoms with E-state index in [0.717, 1.165) is 43.8 Å². The number of fused-ring (bicyclic) bond motifs is 2. The lowest BCUT2D eigenvalue weighted by Gasteiger charge is -2.32. The van der Waals surface area contributed by atoms with Crippen LogP contribution in [0.5, 0.6) is 0 Å². The van der Waals surface area contributed by atoms with E-state index in [2.05, 4.69) is 95.1 Å². The molecule has 1 fully saturated rings. The summed E-state index contributed by atoms with van der Waals surface area (Å²) in [5.74, 6) is 0. The molecule has 0 aromatic heterocycles. The van der Waals surface area contributed by atoms with Crippen molar-refractivity contribution in [3.05, 3.63) is 178 Å². The van der Waals surface area contributed by atoms with Crippen LogP contribution in [0.1, 0.15) is 34.3 Å². The monoisotopic (exact) mass is 563 g/mol. The molecule has 5 nitrogen and oxygen atoms in total. The second-order valence-corrected chi connectivity index (χ2v) is 11.4. The lowest BCUT2D eigenvalue weighted by molar-refractivity contribution is -0.529. The highest BCUT2D eigenvalue weighted by molar-refractivity contribution is 5.87. The fourth-order valence-corrected chi connectivity index (χ4v) is 7.01. The summed E-state index contributed by atoms with van der Waals surface area (Å²) in [6, 6.07) is 47.6. The van der Waals surface area contributed by atoms with Crippen LogP contribution >= 0.6 is 0 Å². The van der Waals surface area contributed by atoms with E-state index < -0.39 is 18.1 Å². The second kappa shape index (κ2) is 11.8. The van der Waals surface area contributed by atoms with E-state index in [1.807, 2.05) is 60.7 Å². The molecule has 0 saturated carbocycles. The predicted octanol–water partition coefficient (Wildman–Crippen LogP) is 8.09. The van der Waals surface area contributed by atoms with E-state index in [1.165, 1.54) is 0 Å². The minimum Gasteiger partial charge on any atom is -0.302 e. The van der Waals surface area contributed by atoms with Crippen molar-refractivity contribution in [3.63, 3.8) is 0 Å². The van der Waals surface area contributed by atoms with Crippen LogP contribution in [0.4, 0.5) is 0 Å².